The minimum absolute atomic E-state index is 0.0892. The smallest absolute Gasteiger partial charge is 0.266 e. The molecule has 0 unspecified atom stereocenters. The van der Waals surface area contributed by atoms with Crippen molar-refractivity contribution in [1.29, 1.82) is 0 Å². The van der Waals surface area contributed by atoms with Gasteiger partial charge in [-0.25, -0.2) is 0 Å². The lowest BCUT2D eigenvalue weighted by atomic mass is 10.1. The second-order valence-electron chi connectivity index (χ2n) is 5.91. The molecule has 2 amide bonds. The Morgan fingerprint density at radius 2 is 1.72 bits per heavy atom. The SMILES string of the molecule is CCCN(CCC)C(=O)c1c(N)sc(C(=O)Nc2ccccc2)c1C. The van der Waals surface area contributed by atoms with E-state index < -0.39 is 0 Å². The number of amides is 2. The van der Waals surface area contributed by atoms with Crippen molar-refractivity contribution in [3.63, 3.8) is 0 Å². The van der Waals surface area contributed by atoms with E-state index in [9.17, 15) is 9.59 Å². The van der Waals surface area contributed by atoms with Crippen molar-refractivity contribution >= 4 is 33.8 Å². The molecule has 0 atom stereocenters. The molecule has 0 saturated heterocycles. The lowest BCUT2D eigenvalue weighted by Crippen LogP contribution is -2.33. The maximum absolute atomic E-state index is 12.9. The summed E-state index contributed by atoms with van der Waals surface area (Å²) in [4.78, 5) is 27.7. The van der Waals surface area contributed by atoms with Crippen LogP contribution >= 0.6 is 11.3 Å². The van der Waals surface area contributed by atoms with Gasteiger partial charge in [-0.3, -0.25) is 9.59 Å². The van der Waals surface area contributed by atoms with Crippen molar-refractivity contribution in [1.82, 2.24) is 4.90 Å². The average Bonchev–Trinajstić information content (AvgIpc) is 2.89. The molecule has 0 radical (unpaired) electrons. The van der Waals surface area contributed by atoms with Crippen LogP contribution in [0.5, 0.6) is 0 Å². The van der Waals surface area contributed by atoms with E-state index in [1.54, 1.807) is 6.92 Å². The first-order chi connectivity index (χ1) is 12.0. The van der Waals surface area contributed by atoms with E-state index in [0.29, 0.717) is 39.8 Å². The van der Waals surface area contributed by atoms with Gasteiger partial charge in [0.2, 0.25) is 0 Å². The van der Waals surface area contributed by atoms with Crippen LogP contribution in [0.4, 0.5) is 10.7 Å². The summed E-state index contributed by atoms with van der Waals surface area (Å²) in [5.74, 6) is -0.328. The predicted octanol–water partition coefficient (Wildman–Crippen LogP) is 4.15. The Kier molecular flexibility index (Phi) is 6.58. The number of nitrogens with zero attached hydrogens (tertiary/aromatic N) is 1. The van der Waals surface area contributed by atoms with Gasteiger partial charge in [-0.05, 0) is 37.5 Å². The minimum Gasteiger partial charge on any atom is -0.390 e. The molecule has 5 nitrogen and oxygen atoms in total. The largest absolute Gasteiger partial charge is 0.390 e. The highest BCUT2D eigenvalue weighted by molar-refractivity contribution is 7.18. The number of benzene rings is 1. The van der Waals surface area contributed by atoms with Crippen LogP contribution in [0.15, 0.2) is 30.3 Å². The van der Waals surface area contributed by atoms with Crippen molar-refractivity contribution in [2.24, 2.45) is 0 Å². The Morgan fingerprint density at radius 1 is 1.12 bits per heavy atom. The third-order valence-electron chi connectivity index (χ3n) is 3.90. The normalized spacial score (nSPS) is 10.5. The van der Waals surface area contributed by atoms with Crippen LogP contribution in [0.1, 0.15) is 52.3 Å². The molecule has 1 aromatic carbocycles. The Morgan fingerprint density at radius 3 is 2.28 bits per heavy atom. The van der Waals surface area contributed by atoms with E-state index in [1.165, 1.54) is 11.3 Å². The molecular formula is C19H25N3O2S. The maximum atomic E-state index is 12.9. The summed E-state index contributed by atoms with van der Waals surface area (Å²) in [6.07, 6.45) is 1.77. The molecule has 0 spiro atoms. The summed E-state index contributed by atoms with van der Waals surface area (Å²) in [6.45, 7) is 7.24. The first kappa shape index (κ1) is 19.0. The second kappa shape index (κ2) is 8.67. The fraction of sp³-hybridized carbons (Fsp3) is 0.368. The molecule has 0 fully saturated rings. The Hall–Kier alpha value is -2.34. The van der Waals surface area contributed by atoms with Gasteiger partial charge in [0.05, 0.1) is 15.4 Å². The average molecular weight is 359 g/mol. The van der Waals surface area contributed by atoms with Crippen molar-refractivity contribution < 1.29 is 9.59 Å². The van der Waals surface area contributed by atoms with Gasteiger partial charge in [-0.15, -0.1) is 11.3 Å². The van der Waals surface area contributed by atoms with Crippen molar-refractivity contribution in [3.8, 4) is 0 Å². The Bertz CT molecular complexity index is 735. The molecule has 0 aliphatic rings. The monoisotopic (exact) mass is 359 g/mol. The molecule has 3 N–H and O–H groups in total. The fourth-order valence-corrected chi connectivity index (χ4v) is 3.70. The van der Waals surface area contributed by atoms with Gasteiger partial charge in [0.25, 0.3) is 11.8 Å². The van der Waals surface area contributed by atoms with Crippen molar-refractivity contribution in [3.05, 3.63) is 46.3 Å². The number of nitrogens with one attached hydrogen (secondary N) is 1. The summed E-state index contributed by atoms with van der Waals surface area (Å²) < 4.78 is 0. The molecule has 1 aromatic heterocycles. The quantitative estimate of drug-likeness (QED) is 0.779. The second-order valence-corrected chi connectivity index (χ2v) is 6.96. The van der Waals surface area contributed by atoms with E-state index in [2.05, 4.69) is 5.32 Å². The number of anilines is 2. The minimum atomic E-state index is -0.239. The maximum Gasteiger partial charge on any atom is 0.266 e. The van der Waals surface area contributed by atoms with Gasteiger partial charge in [-0.1, -0.05) is 32.0 Å². The molecule has 1 heterocycles. The van der Waals surface area contributed by atoms with E-state index in [1.807, 2.05) is 49.1 Å². The molecule has 0 bridgehead atoms. The number of carbonyl (C=O) groups is 2. The molecule has 6 heteroatoms. The number of hydrogen-bond acceptors (Lipinski definition) is 4. The number of rotatable bonds is 7. The number of carbonyl (C=O) groups excluding carboxylic acids is 2. The number of nitrogens with two attached hydrogens (primary N) is 1. The highest BCUT2D eigenvalue weighted by Gasteiger charge is 2.26. The van der Waals surface area contributed by atoms with E-state index >= 15 is 0 Å². The molecular weight excluding hydrogens is 334 g/mol. The van der Waals surface area contributed by atoms with E-state index in [4.69, 9.17) is 5.73 Å². The molecule has 2 rings (SSSR count). The number of para-hydroxylation sites is 1. The first-order valence-electron chi connectivity index (χ1n) is 8.54. The lowest BCUT2D eigenvalue weighted by molar-refractivity contribution is 0.0756. The van der Waals surface area contributed by atoms with Crippen LogP contribution in [0, 0.1) is 6.92 Å². The van der Waals surface area contributed by atoms with Crippen LogP contribution in [0.2, 0.25) is 0 Å². The number of thiophene rings is 1. The topological polar surface area (TPSA) is 75.4 Å². The summed E-state index contributed by atoms with van der Waals surface area (Å²) in [5, 5.41) is 3.25. The van der Waals surface area contributed by atoms with Gasteiger partial charge in [-0.2, -0.15) is 0 Å². The summed E-state index contributed by atoms with van der Waals surface area (Å²) in [5.41, 5.74) is 7.92. The zero-order chi connectivity index (χ0) is 18.4. The van der Waals surface area contributed by atoms with E-state index in [-0.39, 0.29) is 11.8 Å². The molecule has 134 valence electrons. The van der Waals surface area contributed by atoms with Crippen LogP contribution in [0.3, 0.4) is 0 Å². The third kappa shape index (κ3) is 4.39. The van der Waals surface area contributed by atoms with Gasteiger partial charge in [0.15, 0.2) is 0 Å². The van der Waals surface area contributed by atoms with Crippen LogP contribution in [-0.2, 0) is 0 Å². The number of hydrogen-bond donors (Lipinski definition) is 2. The van der Waals surface area contributed by atoms with Gasteiger partial charge < -0.3 is 16.0 Å². The lowest BCUT2D eigenvalue weighted by Gasteiger charge is -2.21. The molecule has 2 aromatic rings. The number of nitrogen functional groups attached to an aromatic ring is 1. The zero-order valence-electron chi connectivity index (χ0n) is 15.0. The molecule has 0 aliphatic heterocycles. The van der Waals surface area contributed by atoms with Crippen molar-refractivity contribution in [2.45, 2.75) is 33.6 Å². The van der Waals surface area contributed by atoms with Gasteiger partial charge >= 0.3 is 0 Å². The summed E-state index contributed by atoms with van der Waals surface area (Å²) >= 11 is 1.17. The first-order valence-corrected chi connectivity index (χ1v) is 9.35. The highest BCUT2D eigenvalue weighted by atomic mass is 32.1. The highest BCUT2D eigenvalue weighted by Crippen LogP contribution is 2.32. The van der Waals surface area contributed by atoms with E-state index in [0.717, 1.165) is 12.8 Å². The van der Waals surface area contributed by atoms with Crippen LogP contribution < -0.4 is 11.1 Å². The summed E-state index contributed by atoms with van der Waals surface area (Å²) in [7, 11) is 0. The Labute approximate surface area is 152 Å². The summed E-state index contributed by atoms with van der Waals surface area (Å²) in [6, 6.07) is 9.24. The molecule has 0 aliphatic carbocycles. The fourth-order valence-electron chi connectivity index (χ4n) is 2.74. The Balaban J connectivity index is 2.27. The predicted molar refractivity (Wildman–Crippen MR) is 104 cm³/mol. The van der Waals surface area contributed by atoms with Gasteiger partial charge in [0, 0.05) is 18.8 Å². The van der Waals surface area contributed by atoms with Crippen LogP contribution in [0.25, 0.3) is 0 Å². The zero-order valence-corrected chi connectivity index (χ0v) is 15.8. The molecule has 25 heavy (non-hydrogen) atoms. The van der Waals surface area contributed by atoms with Crippen molar-refractivity contribution in [2.75, 3.05) is 24.1 Å². The van der Waals surface area contributed by atoms with Crippen LogP contribution in [-0.4, -0.2) is 29.8 Å². The standard InChI is InChI=1S/C19H25N3O2S/c1-4-11-22(12-5-2)19(24)15-13(3)16(25-17(15)20)18(23)21-14-9-7-6-8-10-14/h6-10H,4-5,11-12,20H2,1-3H3,(H,21,23). The molecule has 0 saturated carbocycles. The van der Waals surface area contributed by atoms with Gasteiger partial charge in [0.1, 0.15) is 0 Å². The third-order valence-corrected chi connectivity index (χ3v) is 5.02.